The number of methoxy groups -OCH3 is 3. The van der Waals surface area contributed by atoms with Gasteiger partial charge < -0.3 is 18.9 Å². The molecule has 2 aromatic rings. The van der Waals surface area contributed by atoms with Crippen molar-refractivity contribution in [2.75, 3.05) is 32.8 Å². The molecule has 2 aromatic carbocycles. The van der Waals surface area contributed by atoms with Gasteiger partial charge in [-0.15, -0.1) is 0 Å². The fraction of sp³-hybridized carbons (Fsp3) is 0.333. The second-order valence-electron chi connectivity index (χ2n) is 7.69. The van der Waals surface area contributed by atoms with Crippen LogP contribution in [0.15, 0.2) is 41.6 Å². The molecule has 7 nitrogen and oxygen atoms in total. The third-order valence-electron chi connectivity index (χ3n) is 5.69. The molecule has 0 spiro atoms. The van der Waals surface area contributed by atoms with Crippen LogP contribution in [0.5, 0.6) is 17.2 Å². The number of ether oxygens (including phenoxy) is 4. The van der Waals surface area contributed by atoms with Crippen molar-refractivity contribution in [2.45, 2.75) is 26.2 Å². The minimum Gasteiger partial charge on any atom is -0.493 e. The minimum atomic E-state index is -0.505. The normalized spacial score (nSPS) is 18.1. The van der Waals surface area contributed by atoms with Gasteiger partial charge in [0.25, 0.3) is 0 Å². The zero-order valence-corrected chi connectivity index (χ0v) is 18.3. The van der Waals surface area contributed by atoms with E-state index in [2.05, 4.69) is 0 Å². The highest BCUT2D eigenvalue weighted by atomic mass is 16.5. The summed E-state index contributed by atoms with van der Waals surface area (Å²) in [5.74, 6) is 0.327. The average molecular weight is 423 g/mol. The van der Waals surface area contributed by atoms with Gasteiger partial charge in [0.15, 0.2) is 11.5 Å². The van der Waals surface area contributed by atoms with E-state index in [9.17, 15) is 9.59 Å². The van der Waals surface area contributed by atoms with Gasteiger partial charge in [0.1, 0.15) is 6.61 Å². The van der Waals surface area contributed by atoms with E-state index >= 15 is 0 Å². The third-order valence-corrected chi connectivity index (χ3v) is 5.69. The molecule has 0 radical (unpaired) electrons. The summed E-state index contributed by atoms with van der Waals surface area (Å²) in [5, 5.41) is 0. The third kappa shape index (κ3) is 3.40. The van der Waals surface area contributed by atoms with E-state index in [4.69, 9.17) is 18.9 Å². The van der Waals surface area contributed by atoms with Crippen molar-refractivity contribution in [2.24, 2.45) is 0 Å². The van der Waals surface area contributed by atoms with Crippen molar-refractivity contribution in [1.82, 2.24) is 0 Å². The monoisotopic (exact) mass is 423 g/mol. The predicted molar refractivity (Wildman–Crippen MR) is 115 cm³/mol. The Morgan fingerprint density at radius 2 is 1.61 bits per heavy atom. The molecule has 0 aromatic heterocycles. The van der Waals surface area contributed by atoms with Gasteiger partial charge in [-0.2, -0.15) is 0 Å². The highest BCUT2D eigenvalue weighted by Gasteiger charge is 2.44. The quantitative estimate of drug-likeness (QED) is 0.684. The smallest absolute Gasteiger partial charge is 0.336 e. The first-order valence-corrected chi connectivity index (χ1v) is 9.99. The van der Waals surface area contributed by atoms with E-state index < -0.39 is 11.9 Å². The van der Waals surface area contributed by atoms with Crippen LogP contribution in [0, 0.1) is 13.8 Å². The van der Waals surface area contributed by atoms with E-state index in [1.165, 1.54) is 21.3 Å². The van der Waals surface area contributed by atoms with Crippen LogP contribution >= 0.6 is 0 Å². The maximum Gasteiger partial charge on any atom is 0.336 e. The molecule has 0 aliphatic carbocycles. The van der Waals surface area contributed by atoms with Gasteiger partial charge in [0, 0.05) is 23.6 Å². The van der Waals surface area contributed by atoms with Crippen LogP contribution in [0.4, 0.5) is 5.69 Å². The van der Waals surface area contributed by atoms with Crippen molar-refractivity contribution in [1.29, 1.82) is 0 Å². The Hall–Kier alpha value is -3.48. The molecule has 0 N–H and O–H groups in total. The fourth-order valence-corrected chi connectivity index (χ4v) is 4.50. The Morgan fingerprint density at radius 1 is 0.935 bits per heavy atom. The van der Waals surface area contributed by atoms with Crippen LogP contribution in [0.1, 0.15) is 29.0 Å². The number of aryl methyl sites for hydroxylation is 2. The zero-order chi connectivity index (χ0) is 22.3. The van der Waals surface area contributed by atoms with Gasteiger partial charge in [-0.25, -0.2) is 4.79 Å². The molecule has 4 rings (SSSR count). The zero-order valence-electron chi connectivity index (χ0n) is 18.3. The SMILES string of the molecule is COc1ccc([C@H]2CC(=O)N(c3cc(C)cc(C)c3)C3=C2C(=O)OC3)c(OC)c1OC. The summed E-state index contributed by atoms with van der Waals surface area (Å²) < 4.78 is 21.9. The van der Waals surface area contributed by atoms with E-state index in [0.29, 0.717) is 34.1 Å². The fourth-order valence-electron chi connectivity index (χ4n) is 4.50. The van der Waals surface area contributed by atoms with Crippen molar-refractivity contribution in [3.8, 4) is 17.2 Å². The molecular weight excluding hydrogens is 398 g/mol. The number of hydrogen-bond acceptors (Lipinski definition) is 6. The molecule has 2 aliphatic heterocycles. The molecule has 1 amide bonds. The summed E-state index contributed by atoms with van der Waals surface area (Å²) >= 11 is 0. The molecular formula is C24H25NO6. The summed E-state index contributed by atoms with van der Waals surface area (Å²) in [5.41, 5.74) is 4.56. The summed E-state index contributed by atoms with van der Waals surface area (Å²) in [7, 11) is 4.58. The molecule has 2 heterocycles. The number of anilines is 1. The Bertz CT molecular complexity index is 1080. The van der Waals surface area contributed by atoms with Gasteiger partial charge in [0.05, 0.1) is 32.6 Å². The molecule has 0 unspecified atom stereocenters. The molecule has 7 heteroatoms. The summed E-state index contributed by atoms with van der Waals surface area (Å²) in [4.78, 5) is 27.7. The van der Waals surface area contributed by atoms with Gasteiger partial charge in [-0.1, -0.05) is 12.1 Å². The van der Waals surface area contributed by atoms with Gasteiger partial charge in [-0.05, 0) is 43.2 Å². The van der Waals surface area contributed by atoms with Crippen molar-refractivity contribution >= 4 is 17.6 Å². The number of nitrogens with zero attached hydrogens (tertiary/aromatic N) is 1. The predicted octanol–water partition coefficient (Wildman–Crippen LogP) is 3.66. The summed E-state index contributed by atoms with van der Waals surface area (Å²) in [6, 6.07) is 9.48. The lowest BCUT2D eigenvalue weighted by molar-refractivity contribution is -0.136. The number of carbonyl (C=O) groups is 2. The van der Waals surface area contributed by atoms with Crippen LogP contribution in [-0.4, -0.2) is 39.8 Å². The Labute approximate surface area is 181 Å². The first-order valence-electron chi connectivity index (χ1n) is 9.99. The largest absolute Gasteiger partial charge is 0.493 e. The topological polar surface area (TPSA) is 74.3 Å². The Morgan fingerprint density at radius 3 is 2.23 bits per heavy atom. The molecule has 31 heavy (non-hydrogen) atoms. The van der Waals surface area contributed by atoms with Gasteiger partial charge in [-0.3, -0.25) is 9.69 Å². The number of cyclic esters (lactones) is 1. The van der Waals surface area contributed by atoms with Crippen LogP contribution in [-0.2, 0) is 14.3 Å². The van der Waals surface area contributed by atoms with Crippen LogP contribution in [0.3, 0.4) is 0 Å². The van der Waals surface area contributed by atoms with E-state index in [1.54, 1.807) is 17.0 Å². The molecule has 1 atom stereocenters. The minimum absolute atomic E-state index is 0.0546. The van der Waals surface area contributed by atoms with Crippen LogP contribution in [0.2, 0.25) is 0 Å². The number of rotatable bonds is 5. The highest BCUT2D eigenvalue weighted by Crippen LogP contribution is 2.49. The summed E-state index contributed by atoms with van der Waals surface area (Å²) in [6.45, 7) is 4.01. The second kappa shape index (κ2) is 7.98. The molecule has 162 valence electrons. The maximum absolute atomic E-state index is 13.4. The van der Waals surface area contributed by atoms with E-state index in [-0.39, 0.29) is 18.9 Å². The first-order chi connectivity index (χ1) is 14.9. The number of benzene rings is 2. The highest BCUT2D eigenvalue weighted by molar-refractivity contribution is 6.06. The van der Waals surface area contributed by atoms with Crippen LogP contribution < -0.4 is 19.1 Å². The first kappa shape index (κ1) is 20.8. The molecule has 0 fully saturated rings. The van der Waals surface area contributed by atoms with Crippen molar-refractivity contribution in [3.63, 3.8) is 0 Å². The number of esters is 1. The Balaban J connectivity index is 1.88. The average Bonchev–Trinajstić information content (AvgIpc) is 3.12. The second-order valence-corrected chi connectivity index (χ2v) is 7.69. The number of amides is 1. The lowest BCUT2D eigenvalue weighted by Gasteiger charge is -2.33. The maximum atomic E-state index is 13.4. The number of carbonyl (C=O) groups excluding carboxylic acids is 2. The standard InChI is InChI=1S/C24H25NO6/c1-13-8-14(2)10-15(9-13)25-18-12-31-24(27)21(18)17(11-20(25)26)16-6-7-19(28-3)23(30-5)22(16)29-4/h6-10,17H,11-12H2,1-5H3/t17-/m1/s1. The van der Waals surface area contributed by atoms with Crippen LogP contribution in [0.25, 0.3) is 0 Å². The molecule has 2 aliphatic rings. The van der Waals surface area contributed by atoms with E-state index in [1.807, 2.05) is 32.0 Å². The summed E-state index contributed by atoms with van der Waals surface area (Å²) in [6.07, 6.45) is 0.104. The lowest BCUT2D eigenvalue weighted by atomic mass is 9.83. The molecule has 0 bridgehead atoms. The van der Waals surface area contributed by atoms with E-state index in [0.717, 1.165) is 16.8 Å². The lowest BCUT2D eigenvalue weighted by Crippen LogP contribution is -2.37. The van der Waals surface area contributed by atoms with Crippen molar-refractivity contribution in [3.05, 3.63) is 58.3 Å². The Kier molecular flexibility index (Phi) is 5.35. The van der Waals surface area contributed by atoms with Gasteiger partial charge >= 0.3 is 5.97 Å². The van der Waals surface area contributed by atoms with Crippen molar-refractivity contribution < 1.29 is 28.5 Å². The number of hydrogen-bond donors (Lipinski definition) is 0. The molecule has 0 saturated heterocycles. The molecule has 0 saturated carbocycles. The van der Waals surface area contributed by atoms with Gasteiger partial charge in [0.2, 0.25) is 11.7 Å².